The van der Waals surface area contributed by atoms with Gasteiger partial charge in [0.2, 0.25) is 10.0 Å². The Morgan fingerprint density at radius 3 is 2.75 bits per heavy atom. The lowest BCUT2D eigenvalue weighted by Gasteiger charge is -2.20. The van der Waals surface area contributed by atoms with Crippen molar-refractivity contribution < 1.29 is 8.42 Å². The molecule has 1 aromatic rings. The van der Waals surface area contributed by atoms with Gasteiger partial charge in [0.05, 0.1) is 4.90 Å². The molecule has 1 aliphatic heterocycles. The quantitative estimate of drug-likeness (QED) is 0.820. The average Bonchev–Trinajstić information content (AvgIpc) is 3.07. The van der Waals surface area contributed by atoms with Crippen molar-refractivity contribution in [2.45, 2.75) is 24.3 Å². The van der Waals surface area contributed by atoms with Gasteiger partial charge in [0, 0.05) is 36.9 Å². The van der Waals surface area contributed by atoms with Gasteiger partial charge in [-0.2, -0.15) is 4.31 Å². The zero-order chi connectivity index (χ0) is 14.6. The first-order valence-electron chi connectivity index (χ1n) is 6.95. The van der Waals surface area contributed by atoms with Crippen molar-refractivity contribution in [2.75, 3.05) is 40.3 Å². The van der Waals surface area contributed by atoms with E-state index < -0.39 is 10.0 Å². The van der Waals surface area contributed by atoms with Crippen LogP contribution in [0, 0.1) is 0 Å². The van der Waals surface area contributed by atoms with Crippen LogP contribution in [-0.4, -0.2) is 57.9 Å². The summed E-state index contributed by atoms with van der Waals surface area (Å²) >= 11 is 1.48. The molecular formula is C13H23N3O2S2. The van der Waals surface area contributed by atoms with Gasteiger partial charge in [-0.15, -0.1) is 11.3 Å². The first kappa shape index (κ1) is 15.9. The van der Waals surface area contributed by atoms with Crippen LogP contribution in [-0.2, 0) is 16.6 Å². The van der Waals surface area contributed by atoms with Crippen molar-refractivity contribution in [1.29, 1.82) is 0 Å². The molecular weight excluding hydrogens is 294 g/mol. The molecule has 0 atom stereocenters. The Hall–Kier alpha value is -0.470. The minimum Gasteiger partial charge on any atom is -0.315 e. The van der Waals surface area contributed by atoms with Crippen molar-refractivity contribution in [3.63, 3.8) is 0 Å². The SMILES string of the molecule is CNCc1cc(S(=O)(=O)N(C)CCN2CCCC2)cs1. The molecule has 2 rings (SSSR count). The summed E-state index contributed by atoms with van der Waals surface area (Å²) in [6, 6.07) is 1.77. The Morgan fingerprint density at radius 1 is 1.40 bits per heavy atom. The standard InChI is InChI=1S/C13H23N3O2S2/c1-14-10-12-9-13(11-19-12)20(17,18)15(2)7-8-16-5-3-4-6-16/h9,11,14H,3-8,10H2,1-2H3. The number of likely N-dealkylation sites (N-methyl/N-ethyl adjacent to an activating group) is 1. The topological polar surface area (TPSA) is 52.7 Å². The molecule has 114 valence electrons. The maximum atomic E-state index is 12.4. The van der Waals surface area contributed by atoms with Crippen molar-refractivity contribution in [3.05, 3.63) is 16.3 Å². The molecule has 0 aliphatic carbocycles. The van der Waals surface area contributed by atoms with E-state index in [-0.39, 0.29) is 0 Å². The molecule has 7 heteroatoms. The molecule has 0 aromatic carbocycles. The summed E-state index contributed by atoms with van der Waals surface area (Å²) in [7, 11) is 0.186. The Labute approximate surface area is 125 Å². The number of hydrogen-bond acceptors (Lipinski definition) is 5. The first-order chi connectivity index (χ1) is 9.54. The van der Waals surface area contributed by atoms with Gasteiger partial charge in [-0.1, -0.05) is 0 Å². The van der Waals surface area contributed by atoms with Gasteiger partial charge in [-0.05, 0) is 39.0 Å². The van der Waals surface area contributed by atoms with E-state index in [1.54, 1.807) is 18.5 Å². The molecule has 2 heterocycles. The summed E-state index contributed by atoms with van der Waals surface area (Å²) < 4.78 is 26.4. The highest BCUT2D eigenvalue weighted by Gasteiger charge is 2.23. The number of likely N-dealkylation sites (tertiary alicyclic amines) is 1. The summed E-state index contributed by atoms with van der Waals surface area (Å²) in [5.74, 6) is 0. The van der Waals surface area contributed by atoms with Gasteiger partial charge in [-0.3, -0.25) is 0 Å². The largest absolute Gasteiger partial charge is 0.315 e. The first-order valence-corrected chi connectivity index (χ1v) is 9.26. The Bertz CT molecular complexity index is 521. The van der Waals surface area contributed by atoms with Gasteiger partial charge >= 0.3 is 0 Å². The summed E-state index contributed by atoms with van der Waals surface area (Å²) in [6.45, 7) is 4.28. The highest BCUT2D eigenvalue weighted by Crippen LogP contribution is 2.22. The maximum absolute atomic E-state index is 12.4. The third-order valence-corrected chi connectivity index (χ3v) is 6.54. The van der Waals surface area contributed by atoms with E-state index in [1.165, 1.54) is 28.5 Å². The summed E-state index contributed by atoms with van der Waals surface area (Å²) in [4.78, 5) is 3.78. The molecule has 1 aromatic heterocycles. The number of nitrogens with zero attached hydrogens (tertiary/aromatic N) is 2. The zero-order valence-electron chi connectivity index (χ0n) is 12.1. The number of rotatable bonds is 7. The number of thiophene rings is 1. The van der Waals surface area contributed by atoms with E-state index in [4.69, 9.17) is 0 Å². The van der Waals surface area contributed by atoms with Crippen LogP contribution < -0.4 is 5.32 Å². The predicted octanol–water partition coefficient (Wildman–Crippen LogP) is 1.18. The van der Waals surface area contributed by atoms with Crippen LogP contribution in [0.3, 0.4) is 0 Å². The van der Waals surface area contributed by atoms with Crippen LogP contribution in [0.15, 0.2) is 16.3 Å². The molecule has 0 unspecified atom stereocenters. The summed E-state index contributed by atoms with van der Waals surface area (Å²) in [5, 5.41) is 4.77. The van der Waals surface area contributed by atoms with E-state index >= 15 is 0 Å². The van der Waals surface area contributed by atoms with E-state index in [1.807, 2.05) is 7.05 Å². The Morgan fingerprint density at radius 2 is 2.10 bits per heavy atom. The van der Waals surface area contributed by atoms with E-state index in [9.17, 15) is 8.42 Å². The normalized spacial score (nSPS) is 17.1. The molecule has 0 saturated carbocycles. The summed E-state index contributed by atoms with van der Waals surface area (Å²) in [6.07, 6.45) is 2.46. The molecule has 0 spiro atoms. The second kappa shape index (κ2) is 7.00. The molecule has 5 nitrogen and oxygen atoms in total. The van der Waals surface area contributed by atoms with Crippen LogP contribution in [0.2, 0.25) is 0 Å². The van der Waals surface area contributed by atoms with E-state index in [2.05, 4.69) is 10.2 Å². The number of sulfonamides is 1. The minimum atomic E-state index is -3.34. The fourth-order valence-corrected chi connectivity index (χ4v) is 4.79. The number of hydrogen-bond donors (Lipinski definition) is 1. The van der Waals surface area contributed by atoms with Gasteiger partial charge in [0.1, 0.15) is 0 Å². The van der Waals surface area contributed by atoms with Gasteiger partial charge in [0.15, 0.2) is 0 Å². The zero-order valence-corrected chi connectivity index (χ0v) is 13.8. The lowest BCUT2D eigenvalue weighted by molar-refractivity contribution is 0.310. The fourth-order valence-electron chi connectivity index (χ4n) is 2.35. The molecule has 0 radical (unpaired) electrons. The van der Waals surface area contributed by atoms with Crippen LogP contribution >= 0.6 is 11.3 Å². The molecule has 1 saturated heterocycles. The van der Waals surface area contributed by atoms with Crippen molar-refractivity contribution in [1.82, 2.24) is 14.5 Å². The van der Waals surface area contributed by atoms with Crippen LogP contribution in [0.1, 0.15) is 17.7 Å². The highest BCUT2D eigenvalue weighted by molar-refractivity contribution is 7.89. The molecule has 0 bridgehead atoms. The van der Waals surface area contributed by atoms with Crippen LogP contribution in [0.25, 0.3) is 0 Å². The fraction of sp³-hybridized carbons (Fsp3) is 0.692. The second-order valence-electron chi connectivity index (χ2n) is 5.15. The molecule has 1 N–H and O–H groups in total. The smallest absolute Gasteiger partial charge is 0.243 e. The van der Waals surface area contributed by atoms with Crippen molar-refractivity contribution >= 4 is 21.4 Å². The second-order valence-corrected chi connectivity index (χ2v) is 8.20. The Balaban J connectivity index is 1.96. The van der Waals surface area contributed by atoms with Gasteiger partial charge < -0.3 is 10.2 Å². The predicted molar refractivity (Wildman–Crippen MR) is 82.6 cm³/mol. The molecule has 1 aliphatic rings. The molecule has 1 fully saturated rings. The van der Waals surface area contributed by atoms with Crippen molar-refractivity contribution in [2.24, 2.45) is 0 Å². The molecule has 20 heavy (non-hydrogen) atoms. The third kappa shape index (κ3) is 3.79. The highest BCUT2D eigenvalue weighted by atomic mass is 32.2. The number of nitrogens with one attached hydrogen (secondary N) is 1. The Kier molecular flexibility index (Phi) is 5.57. The summed E-state index contributed by atoms with van der Waals surface area (Å²) in [5.41, 5.74) is 0. The van der Waals surface area contributed by atoms with Gasteiger partial charge in [-0.25, -0.2) is 8.42 Å². The maximum Gasteiger partial charge on any atom is 0.243 e. The lowest BCUT2D eigenvalue weighted by atomic mass is 10.4. The average molecular weight is 317 g/mol. The minimum absolute atomic E-state index is 0.414. The third-order valence-electron chi connectivity index (χ3n) is 3.62. The van der Waals surface area contributed by atoms with Crippen molar-refractivity contribution in [3.8, 4) is 0 Å². The molecule has 0 amide bonds. The van der Waals surface area contributed by atoms with Crippen LogP contribution in [0.5, 0.6) is 0 Å². The lowest BCUT2D eigenvalue weighted by Crippen LogP contribution is -2.35. The van der Waals surface area contributed by atoms with E-state index in [0.29, 0.717) is 18.0 Å². The monoisotopic (exact) mass is 317 g/mol. The van der Waals surface area contributed by atoms with Crippen LogP contribution in [0.4, 0.5) is 0 Å². The van der Waals surface area contributed by atoms with Gasteiger partial charge in [0.25, 0.3) is 0 Å². The van der Waals surface area contributed by atoms with E-state index in [0.717, 1.165) is 24.5 Å².